The van der Waals surface area contributed by atoms with E-state index in [1.165, 1.54) is 16.7 Å². The highest BCUT2D eigenvalue weighted by Gasteiger charge is 1.97. The van der Waals surface area contributed by atoms with Crippen LogP contribution < -0.4 is 5.32 Å². The second-order valence-corrected chi connectivity index (χ2v) is 4.90. The number of aromatic nitrogens is 1. The topological polar surface area (TPSA) is 24.9 Å². The Hall–Kier alpha value is -1.19. The molecule has 0 fully saturated rings. The molecule has 0 spiro atoms. The van der Waals surface area contributed by atoms with E-state index in [-0.39, 0.29) is 0 Å². The molecule has 0 aliphatic carbocycles. The Bertz CT molecular complexity index is 483. The lowest BCUT2D eigenvalue weighted by molar-refractivity contribution is 0.691. The summed E-state index contributed by atoms with van der Waals surface area (Å²) in [5, 5.41) is 3.41. The maximum Gasteiger partial charge on any atom is 0.0312 e. The van der Waals surface area contributed by atoms with Gasteiger partial charge in [0.2, 0.25) is 0 Å². The van der Waals surface area contributed by atoms with Crippen molar-refractivity contribution in [3.05, 3.63) is 63.9 Å². The van der Waals surface area contributed by atoms with Gasteiger partial charge in [0.15, 0.2) is 0 Å². The molecule has 0 radical (unpaired) electrons. The van der Waals surface area contributed by atoms with Crippen LogP contribution in [0.5, 0.6) is 0 Å². The Kier molecular flexibility index (Phi) is 4.29. The Morgan fingerprint density at radius 1 is 1.18 bits per heavy atom. The van der Waals surface area contributed by atoms with Gasteiger partial charge in [-0.3, -0.25) is 4.98 Å². The number of nitrogens with zero attached hydrogens (tertiary/aromatic N) is 1. The summed E-state index contributed by atoms with van der Waals surface area (Å²) in [5.74, 6) is 0. The molecule has 0 atom stereocenters. The number of rotatable bonds is 4. The van der Waals surface area contributed by atoms with Gasteiger partial charge in [0, 0.05) is 30.0 Å². The maximum absolute atomic E-state index is 4.09. The van der Waals surface area contributed by atoms with E-state index in [0.29, 0.717) is 0 Å². The molecule has 2 nitrogen and oxygen atoms in total. The van der Waals surface area contributed by atoms with Crippen molar-refractivity contribution in [2.75, 3.05) is 0 Å². The summed E-state index contributed by atoms with van der Waals surface area (Å²) in [6.45, 7) is 3.83. The summed E-state index contributed by atoms with van der Waals surface area (Å²) < 4.78 is 1.16. The predicted octanol–water partition coefficient (Wildman–Crippen LogP) is 3.44. The van der Waals surface area contributed by atoms with Gasteiger partial charge in [0.1, 0.15) is 0 Å². The van der Waals surface area contributed by atoms with Crippen LogP contribution in [0.4, 0.5) is 0 Å². The molecule has 0 unspecified atom stereocenters. The van der Waals surface area contributed by atoms with E-state index in [1.807, 2.05) is 12.3 Å². The largest absolute Gasteiger partial charge is 0.309 e. The van der Waals surface area contributed by atoms with Crippen molar-refractivity contribution in [3.8, 4) is 0 Å². The number of hydrogen-bond donors (Lipinski definition) is 1. The number of pyridine rings is 1. The van der Waals surface area contributed by atoms with Crippen LogP contribution in [0.2, 0.25) is 0 Å². The minimum Gasteiger partial charge on any atom is -0.309 e. The average Bonchev–Trinajstić information content (AvgIpc) is 2.35. The third-order valence-corrected chi connectivity index (χ3v) is 3.49. The van der Waals surface area contributed by atoms with Crippen LogP contribution in [-0.4, -0.2) is 4.98 Å². The average molecular weight is 291 g/mol. The SMILES string of the molecule is Cc1cc(CNCc2cccnc2)ccc1Br. The lowest BCUT2D eigenvalue weighted by Crippen LogP contribution is -2.12. The van der Waals surface area contributed by atoms with E-state index in [1.54, 1.807) is 6.20 Å². The molecule has 1 N–H and O–H groups in total. The highest BCUT2D eigenvalue weighted by Crippen LogP contribution is 2.16. The Balaban J connectivity index is 1.88. The molecule has 88 valence electrons. The van der Waals surface area contributed by atoms with Gasteiger partial charge in [-0.25, -0.2) is 0 Å². The fourth-order valence-corrected chi connectivity index (χ4v) is 1.92. The van der Waals surface area contributed by atoms with Crippen molar-refractivity contribution in [1.82, 2.24) is 10.3 Å². The molecule has 17 heavy (non-hydrogen) atoms. The zero-order valence-corrected chi connectivity index (χ0v) is 11.4. The quantitative estimate of drug-likeness (QED) is 0.933. The van der Waals surface area contributed by atoms with Crippen LogP contribution in [0.25, 0.3) is 0 Å². The van der Waals surface area contributed by atoms with Gasteiger partial charge in [-0.1, -0.05) is 34.1 Å². The molecular weight excluding hydrogens is 276 g/mol. The van der Waals surface area contributed by atoms with Gasteiger partial charge in [-0.15, -0.1) is 0 Å². The first-order valence-corrected chi connectivity index (χ1v) is 6.39. The Morgan fingerprint density at radius 3 is 2.71 bits per heavy atom. The van der Waals surface area contributed by atoms with Crippen molar-refractivity contribution in [1.29, 1.82) is 0 Å². The molecule has 0 bridgehead atoms. The number of hydrogen-bond acceptors (Lipinski definition) is 2. The highest BCUT2D eigenvalue weighted by molar-refractivity contribution is 9.10. The summed E-state index contributed by atoms with van der Waals surface area (Å²) >= 11 is 3.51. The number of nitrogens with one attached hydrogen (secondary N) is 1. The first-order chi connectivity index (χ1) is 8.25. The second kappa shape index (κ2) is 5.94. The first kappa shape index (κ1) is 12.3. The fourth-order valence-electron chi connectivity index (χ4n) is 1.67. The summed E-state index contributed by atoms with van der Waals surface area (Å²) in [7, 11) is 0. The van der Waals surface area contributed by atoms with E-state index in [4.69, 9.17) is 0 Å². The monoisotopic (exact) mass is 290 g/mol. The van der Waals surface area contributed by atoms with E-state index in [2.05, 4.69) is 57.4 Å². The Labute approximate surface area is 110 Å². The molecular formula is C14H15BrN2. The second-order valence-electron chi connectivity index (χ2n) is 4.05. The molecule has 0 amide bonds. The molecule has 3 heteroatoms. The van der Waals surface area contributed by atoms with E-state index in [9.17, 15) is 0 Å². The fraction of sp³-hybridized carbons (Fsp3) is 0.214. The van der Waals surface area contributed by atoms with Crippen LogP contribution in [0, 0.1) is 6.92 Å². The molecule has 0 aliphatic heterocycles. The van der Waals surface area contributed by atoms with Crippen molar-refractivity contribution in [2.24, 2.45) is 0 Å². The molecule has 1 aromatic heterocycles. The highest BCUT2D eigenvalue weighted by atomic mass is 79.9. The molecule has 1 heterocycles. The molecule has 0 saturated heterocycles. The van der Waals surface area contributed by atoms with Crippen LogP contribution >= 0.6 is 15.9 Å². The summed E-state index contributed by atoms with van der Waals surface area (Å²) in [5.41, 5.74) is 3.78. The van der Waals surface area contributed by atoms with Gasteiger partial charge < -0.3 is 5.32 Å². The van der Waals surface area contributed by atoms with E-state index in [0.717, 1.165) is 17.6 Å². The zero-order chi connectivity index (χ0) is 12.1. The molecule has 0 saturated carbocycles. The summed E-state index contributed by atoms with van der Waals surface area (Å²) in [6, 6.07) is 10.5. The molecule has 0 aliphatic rings. The first-order valence-electron chi connectivity index (χ1n) is 5.60. The van der Waals surface area contributed by atoms with Crippen molar-refractivity contribution in [2.45, 2.75) is 20.0 Å². The normalized spacial score (nSPS) is 10.5. The van der Waals surface area contributed by atoms with Crippen molar-refractivity contribution < 1.29 is 0 Å². The Morgan fingerprint density at radius 2 is 2.00 bits per heavy atom. The minimum absolute atomic E-state index is 0.850. The minimum atomic E-state index is 0.850. The van der Waals surface area contributed by atoms with Crippen LogP contribution in [-0.2, 0) is 13.1 Å². The predicted molar refractivity (Wildman–Crippen MR) is 73.7 cm³/mol. The maximum atomic E-state index is 4.09. The number of benzene rings is 1. The van der Waals surface area contributed by atoms with Crippen LogP contribution in [0.15, 0.2) is 47.2 Å². The molecule has 2 aromatic rings. The lowest BCUT2D eigenvalue weighted by Gasteiger charge is -2.06. The molecule has 2 rings (SSSR count). The zero-order valence-electron chi connectivity index (χ0n) is 9.78. The third-order valence-electron chi connectivity index (χ3n) is 2.60. The molecule has 1 aromatic carbocycles. The van der Waals surface area contributed by atoms with Gasteiger partial charge in [0.05, 0.1) is 0 Å². The number of aryl methyl sites for hydroxylation is 1. The van der Waals surface area contributed by atoms with Crippen LogP contribution in [0.3, 0.4) is 0 Å². The standard InChI is InChI=1S/C14H15BrN2/c1-11-7-12(4-5-14(11)15)8-17-10-13-3-2-6-16-9-13/h2-7,9,17H,8,10H2,1H3. The van der Waals surface area contributed by atoms with Crippen molar-refractivity contribution >= 4 is 15.9 Å². The third kappa shape index (κ3) is 3.65. The van der Waals surface area contributed by atoms with Crippen molar-refractivity contribution in [3.63, 3.8) is 0 Å². The van der Waals surface area contributed by atoms with Gasteiger partial charge in [-0.2, -0.15) is 0 Å². The smallest absolute Gasteiger partial charge is 0.0312 e. The van der Waals surface area contributed by atoms with E-state index >= 15 is 0 Å². The van der Waals surface area contributed by atoms with Gasteiger partial charge in [0.25, 0.3) is 0 Å². The van der Waals surface area contributed by atoms with E-state index < -0.39 is 0 Å². The number of halogens is 1. The van der Waals surface area contributed by atoms with Crippen LogP contribution in [0.1, 0.15) is 16.7 Å². The van der Waals surface area contributed by atoms with Gasteiger partial charge in [-0.05, 0) is 35.7 Å². The summed E-state index contributed by atoms with van der Waals surface area (Å²) in [4.78, 5) is 4.09. The summed E-state index contributed by atoms with van der Waals surface area (Å²) in [6.07, 6.45) is 3.68. The lowest BCUT2D eigenvalue weighted by atomic mass is 10.1. The van der Waals surface area contributed by atoms with Gasteiger partial charge >= 0.3 is 0 Å².